The number of hydrogen-bond acceptors (Lipinski definition) is 4. The van der Waals surface area contributed by atoms with Gasteiger partial charge in [0.05, 0.1) is 12.2 Å². The molecule has 128 valence electrons. The summed E-state index contributed by atoms with van der Waals surface area (Å²) in [7, 11) is 1.83. The van der Waals surface area contributed by atoms with Gasteiger partial charge in [-0.2, -0.15) is 5.10 Å². The van der Waals surface area contributed by atoms with E-state index < -0.39 is 0 Å². The lowest BCUT2D eigenvalue weighted by Gasteiger charge is -2.42. The second kappa shape index (κ2) is 8.15. The molecule has 1 aliphatic heterocycles. The average molecular weight is 352 g/mol. The monoisotopic (exact) mass is 351 g/mol. The Morgan fingerprint density at radius 1 is 1.50 bits per heavy atom. The average Bonchev–Trinajstić information content (AvgIpc) is 2.62. The van der Waals surface area contributed by atoms with E-state index in [0.717, 1.165) is 31.0 Å². The highest BCUT2D eigenvalue weighted by atomic mass is 35.5. The van der Waals surface area contributed by atoms with Crippen LogP contribution in [0.5, 0.6) is 0 Å². The number of nitrogens with one attached hydrogen (secondary N) is 1. The number of aromatic nitrogens is 2. The predicted molar refractivity (Wildman–Crippen MR) is 93.9 cm³/mol. The first-order valence-corrected chi connectivity index (χ1v) is 7.06. The number of amides is 1. The minimum Gasteiger partial charge on any atom is -0.327 e. The molecule has 22 heavy (non-hydrogen) atoms. The van der Waals surface area contributed by atoms with E-state index in [4.69, 9.17) is 5.73 Å². The molecule has 0 aromatic carbocycles. The Kier molecular flexibility index (Phi) is 7.85. The number of piperidine rings is 1. The number of aryl methyl sites for hydroxylation is 2. The van der Waals surface area contributed by atoms with Crippen LogP contribution in [0.2, 0.25) is 0 Å². The Bertz CT molecular complexity index is 503. The van der Waals surface area contributed by atoms with Gasteiger partial charge in [0, 0.05) is 32.2 Å². The molecule has 0 saturated carbocycles. The first-order valence-electron chi connectivity index (χ1n) is 7.06. The molecule has 3 N–H and O–H groups in total. The highest BCUT2D eigenvalue weighted by Crippen LogP contribution is 2.27. The van der Waals surface area contributed by atoms with Crippen molar-refractivity contribution in [1.82, 2.24) is 14.7 Å². The summed E-state index contributed by atoms with van der Waals surface area (Å²) in [5.41, 5.74) is 7.07. The van der Waals surface area contributed by atoms with Crippen molar-refractivity contribution in [3.05, 3.63) is 11.8 Å². The van der Waals surface area contributed by atoms with Crippen LogP contribution in [0.4, 0.5) is 5.82 Å². The summed E-state index contributed by atoms with van der Waals surface area (Å²) in [6.45, 7) is 8.36. The normalized spacial score (nSPS) is 20.7. The molecule has 1 aliphatic rings. The molecule has 1 atom stereocenters. The molecule has 0 spiro atoms. The molecule has 1 aromatic heterocycles. The fraction of sp³-hybridized carbons (Fsp3) is 0.714. The maximum Gasteiger partial charge on any atom is 0.239 e. The molecule has 0 radical (unpaired) electrons. The van der Waals surface area contributed by atoms with Crippen molar-refractivity contribution in [2.24, 2.45) is 18.2 Å². The third kappa shape index (κ3) is 5.12. The molecule has 8 heteroatoms. The fourth-order valence-corrected chi connectivity index (χ4v) is 2.73. The SMILES string of the molecule is Cc1cc(NC(=O)CN2CCC(N)C(C)(C)C2)n(C)n1.Cl.Cl. The molecule has 1 aromatic rings. The summed E-state index contributed by atoms with van der Waals surface area (Å²) in [6.07, 6.45) is 0.936. The number of carbonyl (C=O) groups is 1. The molecular formula is C14H27Cl2N5O. The first kappa shape index (κ1) is 21.2. The van der Waals surface area contributed by atoms with E-state index in [1.165, 1.54) is 0 Å². The van der Waals surface area contributed by atoms with E-state index in [9.17, 15) is 4.79 Å². The van der Waals surface area contributed by atoms with Crippen LogP contribution < -0.4 is 11.1 Å². The lowest BCUT2D eigenvalue weighted by atomic mass is 9.80. The van der Waals surface area contributed by atoms with Crippen molar-refractivity contribution in [1.29, 1.82) is 0 Å². The van der Waals surface area contributed by atoms with Crippen molar-refractivity contribution < 1.29 is 4.79 Å². The lowest BCUT2D eigenvalue weighted by Crippen LogP contribution is -2.53. The highest BCUT2D eigenvalue weighted by Gasteiger charge is 2.33. The largest absolute Gasteiger partial charge is 0.327 e. The summed E-state index contributed by atoms with van der Waals surface area (Å²) in [6, 6.07) is 2.08. The van der Waals surface area contributed by atoms with Gasteiger partial charge in [-0.1, -0.05) is 13.8 Å². The van der Waals surface area contributed by atoms with Gasteiger partial charge < -0.3 is 11.1 Å². The molecule has 2 heterocycles. The Morgan fingerprint density at radius 3 is 2.64 bits per heavy atom. The third-order valence-corrected chi connectivity index (χ3v) is 4.03. The first-order chi connectivity index (χ1) is 9.28. The molecule has 0 aliphatic carbocycles. The van der Waals surface area contributed by atoms with Crippen molar-refractivity contribution >= 4 is 36.5 Å². The summed E-state index contributed by atoms with van der Waals surface area (Å²) in [5, 5.41) is 7.12. The van der Waals surface area contributed by atoms with Gasteiger partial charge in [0.15, 0.2) is 0 Å². The number of hydrogen-bond donors (Lipinski definition) is 2. The minimum atomic E-state index is -0.000675. The number of halogens is 2. The van der Waals surface area contributed by atoms with Gasteiger partial charge in [-0.05, 0) is 18.8 Å². The van der Waals surface area contributed by atoms with Crippen molar-refractivity contribution in [3.8, 4) is 0 Å². The molecule has 1 amide bonds. The van der Waals surface area contributed by atoms with Crippen LogP contribution in [-0.4, -0.2) is 46.3 Å². The third-order valence-electron chi connectivity index (χ3n) is 4.03. The summed E-state index contributed by atoms with van der Waals surface area (Å²) in [4.78, 5) is 14.3. The number of carbonyl (C=O) groups excluding carboxylic acids is 1. The van der Waals surface area contributed by atoms with E-state index in [1.54, 1.807) is 4.68 Å². The summed E-state index contributed by atoms with van der Waals surface area (Å²) < 4.78 is 1.68. The molecule has 0 bridgehead atoms. The molecule has 1 fully saturated rings. The zero-order valence-corrected chi connectivity index (χ0v) is 15.3. The zero-order valence-electron chi connectivity index (χ0n) is 13.6. The summed E-state index contributed by atoms with van der Waals surface area (Å²) in [5.74, 6) is 0.736. The molecule has 1 unspecified atom stereocenters. The minimum absolute atomic E-state index is 0. The van der Waals surface area contributed by atoms with Crippen LogP contribution in [0.3, 0.4) is 0 Å². The molecule has 2 rings (SSSR count). The number of rotatable bonds is 3. The van der Waals surface area contributed by atoms with E-state index in [0.29, 0.717) is 6.54 Å². The van der Waals surface area contributed by atoms with Crippen LogP contribution in [0, 0.1) is 12.3 Å². The van der Waals surface area contributed by atoms with Crippen LogP contribution in [-0.2, 0) is 11.8 Å². The van der Waals surface area contributed by atoms with Gasteiger partial charge >= 0.3 is 0 Å². The number of anilines is 1. The quantitative estimate of drug-likeness (QED) is 0.866. The van der Waals surface area contributed by atoms with Gasteiger partial charge in [-0.3, -0.25) is 14.4 Å². The Balaban J connectivity index is 0.00000220. The topological polar surface area (TPSA) is 76.2 Å². The Hall–Kier alpha value is -0.820. The van der Waals surface area contributed by atoms with Gasteiger partial charge in [-0.15, -0.1) is 24.8 Å². The Labute approximate surface area is 144 Å². The van der Waals surface area contributed by atoms with E-state index in [1.807, 2.05) is 20.0 Å². The van der Waals surface area contributed by atoms with Crippen LogP contribution in [0.1, 0.15) is 26.0 Å². The van der Waals surface area contributed by atoms with Crippen LogP contribution in [0.15, 0.2) is 6.07 Å². The maximum atomic E-state index is 12.1. The summed E-state index contributed by atoms with van der Waals surface area (Å²) >= 11 is 0. The number of nitrogens with zero attached hydrogens (tertiary/aromatic N) is 3. The van der Waals surface area contributed by atoms with E-state index >= 15 is 0 Å². The van der Waals surface area contributed by atoms with Crippen molar-refractivity contribution in [2.75, 3.05) is 25.0 Å². The highest BCUT2D eigenvalue weighted by molar-refractivity contribution is 5.91. The maximum absolute atomic E-state index is 12.1. The van der Waals surface area contributed by atoms with E-state index in [2.05, 4.69) is 29.2 Å². The second-order valence-corrected chi connectivity index (χ2v) is 6.44. The van der Waals surface area contributed by atoms with Gasteiger partial charge in [0.2, 0.25) is 5.91 Å². The van der Waals surface area contributed by atoms with Crippen molar-refractivity contribution in [3.63, 3.8) is 0 Å². The Morgan fingerprint density at radius 2 is 2.14 bits per heavy atom. The second-order valence-electron chi connectivity index (χ2n) is 6.44. The fourth-order valence-electron chi connectivity index (χ4n) is 2.73. The lowest BCUT2D eigenvalue weighted by molar-refractivity contribution is -0.118. The van der Waals surface area contributed by atoms with Gasteiger partial charge in [0.1, 0.15) is 5.82 Å². The molecular weight excluding hydrogens is 325 g/mol. The van der Waals surface area contributed by atoms with Crippen molar-refractivity contribution in [2.45, 2.75) is 33.2 Å². The smallest absolute Gasteiger partial charge is 0.239 e. The van der Waals surface area contributed by atoms with Crippen LogP contribution in [0.25, 0.3) is 0 Å². The van der Waals surface area contributed by atoms with E-state index in [-0.39, 0.29) is 42.2 Å². The number of nitrogens with two attached hydrogens (primary N) is 1. The zero-order chi connectivity index (χ0) is 14.9. The van der Waals surface area contributed by atoms with Crippen LogP contribution >= 0.6 is 24.8 Å². The predicted octanol–water partition coefficient (Wildman–Crippen LogP) is 1.57. The molecule has 1 saturated heterocycles. The van der Waals surface area contributed by atoms with Gasteiger partial charge in [-0.25, -0.2) is 0 Å². The van der Waals surface area contributed by atoms with Gasteiger partial charge in [0.25, 0.3) is 0 Å². The number of likely N-dealkylation sites (tertiary alicyclic amines) is 1. The molecule has 6 nitrogen and oxygen atoms in total. The standard InChI is InChI=1S/C14H25N5O.2ClH/c1-10-7-12(18(4)17-10)16-13(20)8-19-6-5-11(15)14(2,3)9-19;;/h7,11H,5-6,8-9,15H2,1-4H3,(H,16,20);2*1H.